The molecule has 0 spiro atoms. The smallest absolute Gasteiger partial charge is 0.160 e. The molecule has 0 amide bonds. The molecule has 4 nitrogen and oxygen atoms in total. The molecule has 0 unspecified atom stereocenters. The van der Waals surface area contributed by atoms with Gasteiger partial charge >= 0.3 is 0 Å². The van der Waals surface area contributed by atoms with E-state index in [1.54, 1.807) is 0 Å². The third kappa shape index (κ3) is 4.42. The SMILES string of the molecule is CC1(C)c2ccccc2-c2ccc(-c3nc(-c4ccc5c(c4)c4cc6ccn(-c7ccccc7)c6cc4n5-c4ccccc4)nc4ccccc34)cc21. The normalized spacial score (nSPS) is 13.2. The van der Waals surface area contributed by atoms with Crippen LogP contribution in [0, 0.1) is 0 Å². The predicted molar refractivity (Wildman–Crippen MR) is 219 cm³/mol. The molecule has 7 aromatic carbocycles. The van der Waals surface area contributed by atoms with Gasteiger partial charge in [-0.3, -0.25) is 0 Å². The van der Waals surface area contributed by atoms with Gasteiger partial charge in [0.1, 0.15) is 0 Å². The summed E-state index contributed by atoms with van der Waals surface area (Å²) in [6, 6.07) is 58.9. The minimum atomic E-state index is -0.0981. The first kappa shape index (κ1) is 29.9. The van der Waals surface area contributed by atoms with Crippen molar-refractivity contribution in [2.75, 3.05) is 0 Å². The summed E-state index contributed by atoms with van der Waals surface area (Å²) in [7, 11) is 0. The monoisotopic (exact) mass is 678 g/mol. The van der Waals surface area contributed by atoms with Crippen LogP contribution in [0.1, 0.15) is 25.0 Å². The first-order valence-corrected chi connectivity index (χ1v) is 18.2. The minimum absolute atomic E-state index is 0.0981. The zero-order valence-electron chi connectivity index (χ0n) is 29.5. The van der Waals surface area contributed by atoms with Crippen LogP contribution >= 0.6 is 0 Å². The lowest BCUT2D eigenvalue weighted by Crippen LogP contribution is -2.14. The Kier molecular flexibility index (Phi) is 6.27. The summed E-state index contributed by atoms with van der Waals surface area (Å²) in [5, 5.41) is 4.62. The Balaban J connectivity index is 1.12. The molecule has 53 heavy (non-hydrogen) atoms. The van der Waals surface area contributed by atoms with Crippen molar-refractivity contribution in [1.29, 1.82) is 0 Å². The Morgan fingerprint density at radius 3 is 2.02 bits per heavy atom. The van der Waals surface area contributed by atoms with Crippen molar-refractivity contribution < 1.29 is 0 Å². The maximum absolute atomic E-state index is 5.38. The van der Waals surface area contributed by atoms with Crippen LogP contribution in [0.3, 0.4) is 0 Å². The largest absolute Gasteiger partial charge is 0.316 e. The van der Waals surface area contributed by atoms with Crippen LogP contribution in [0.2, 0.25) is 0 Å². The fourth-order valence-electron chi connectivity index (χ4n) is 8.73. The average Bonchev–Trinajstić information content (AvgIpc) is 3.84. The average molecular weight is 679 g/mol. The number of hydrogen-bond donors (Lipinski definition) is 0. The molecule has 11 rings (SSSR count). The van der Waals surface area contributed by atoms with Gasteiger partial charge in [0.05, 0.1) is 27.8 Å². The Hall–Kier alpha value is -6.78. The molecule has 0 fully saturated rings. The summed E-state index contributed by atoms with van der Waals surface area (Å²) < 4.78 is 4.66. The van der Waals surface area contributed by atoms with Gasteiger partial charge in [-0.05, 0) is 95.1 Å². The fourth-order valence-corrected chi connectivity index (χ4v) is 8.73. The number of para-hydroxylation sites is 3. The van der Waals surface area contributed by atoms with Gasteiger partial charge in [-0.1, -0.05) is 105 Å². The van der Waals surface area contributed by atoms with E-state index in [1.165, 1.54) is 43.9 Å². The van der Waals surface area contributed by atoms with Crippen molar-refractivity contribution in [3.05, 3.63) is 181 Å². The summed E-state index contributed by atoms with van der Waals surface area (Å²) in [5.41, 5.74) is 15.0. The topological polar surface area (TPSA) is 35.6 Å². The quantitative estimate of drug-likeness (QED) is 0.186. The molecule has 250 valence electrons. The summed E-state index contributed by atoms with van der Waals surface area (Å²) >= 11 is 0. The lowest BCUT2D eigenvalue weighted by Gasteiger charge is -2.22. The first-order valence-electron chi connectivity index (χ1n) is 18.2. The summed E-state index contributed by atoms with van der Waals surface area (Å²) in [6.45, 7) is 4.66. The Bertz CT molecular complexity index is 3080. The highest BCUT2D eigenvalue weighted by molar-refractivity contribution is 6.14. The van der Waals surface area contributed by atoms with E-state index in [-0.39, 0.29) is 5.41 Å². The van der Waals surface area contributed by atoms with Gasteiger partial charge in [-0.2, -0.15) is 0 Å². The van der Waals surface area contributed by atoms with E-state index >= 15 is 0 Å². The maximum Gasteiger partial charge on any atom is 0.160 e. The lowest BCUT2D eigenvalue weighted by atomic mass is 9.82. The zero-order valence-corrected chi connectivity index (χ0v) is 29.5. The second-order valence-corrected chi connectivity index (χ2v) is 14.7. The van der Waals surface area contributed by atoms with Gasteiger partial charge in [0.25, 0.3) is 0 Å². The highest BCUT2D eigenvalue weighted by atomic mass is 15.0. The van der Waals surface area contributed by atoms with E-state index in [0.717, 1.165) is 56.0 Å². The van der Waals surface area contributed by atoms with Crippen molar-refractivity contribution in [1.82, 2.24) is 19.1 Å². The van der Waals surface area contributed by atoms with Crippen molar-refractivity contribution in [3.63, 3.8) is 0 Å². The number of fused-ring (bicyclic) bond motifs is 8. The van der Waals surface area contributed by atoms with Crippen LogP contribution in [0.5, 0.6) is 0 Å². The van der Waals surface area contributed by atoms with E-state index in [2.05, 4.69) is 193 Å². The Morgan fingerprint density at radius 1 is 0.472 bits per heavy atom. The first-order chi connectivity index (χ1) is 26.0. The van der Waals surface area contributed by atoms with Gasteiger partial charge in [-0.15, -0.1) is 0 Å². The van der Waals surface area contributed by atoms with Gasteiger partial charge in [0, 0.05) is 55.7 Å². The van der Waals surface area contributed by atoms with Gasteiger partial charge in [0.15, 0.2) is 5.82 Å². The second kappa shape index (κ2) is 11.1. The van der Waals surface area contributed by atoms with Gasteiger partial charge in [-0.25, -0.2) is 9.97 Å². The second-order valence-electron chi connectivity index (χ2n) is 14.7. The van der Waals surface area contributed by atoms with Crippen LogP contribution in [0.25, 0.3) is 88.8 Å². The van der Waals surface area contributed by atoms with Crippen LogP contribution in [-0.4, -0.2) is 19.1 Å². The molecule has 3 heterocycles. The van der Waals surface area contributed by atoms with E-state index in [1.807, 2.05) is 0 Å². The Labute approximate surface area is 307 Å². The molecular formula is C49H34N4. The zero-order chi connectivity index (χ0) is 35.3. The molecule has 0 saturated heterocycles. The molecule has 0 bridgehead atoms. The number of rotatable bonds is 4. The minimum Gasteiger partial charge on any atom is -0.316 e. The van der Waals surface area contributed by atoms with E-state index < -0.39 is 0 Å². The van der Waals surface area contributed by atoms with Crippen molar-refractivity contribution in [3.8, 4) is 45.1 Å². The van der Waals surface area contributed by atoms with Crippen LogP contribution < -0.4 is 0 Å². The maximum atomic E-state index is 5.38. The summed E-state index contributed by atoms with van der Waals surface area (Å²) in [6.07, 6.45) is 2.17. The van der Waals surface area contributed by atoms with Crippen molar-refractivity contribution >= 4 is 43.6 Å². The van der Waals surface area contributed by atoms with E-state index in [4.69, 9.17) is 9.97 Å². The van der Waals surface area contributed by atoms with Crippen molar-refractivity contribution in [2.45, 2.75) is 19.3 Å². The highest BCUT2D eigenvalue weighted by Crippen LogP contribution is 2.50. The van der Waals surface area contributed by atoms with Crippen LogP contribution in [0.4, 0.5) is 0 Å². The summed E-state index contributed by atoms with van der Waals surface area (Å²) in [5.74, 6) is 0.723. The molecular weight excluding hydrogens is 645 g/mol. The molecule has 1 aliphatic carbocycles. The highest BCUT2D eigenvalue weighted by Gasteiger charge is 2.35. The molecule has 1 aliphatic rings. The molecule has 3 aromatic heterocycles. The standard InChI is InChI=1S/C49H34N4/c1-49(2)41-19-11-9-17-36(41)37-23-21-32(29-42(37)49)47-38-18-10-12-20-43(38)50-48(51-47)33-22-24-44-39(28-33)40-27-31-25-26-52(34-13-5-3-6-14-34)45(31)30-46(40)53(44)35-15-7-4-8-16-35/h3-30H,1-2H3. The Morgan fingerprint density at radius 2 is 1.17 bits per heavy atom. The molecule has 0 radical (unpaired) electrons. The number of hydrogen-bond acceptors (Lipinski definition) is 2. The molecule has 10 aromatic rings. The van der Waals surface area contributed by atoms with Gasteiger partial charge < -0.3 is 9.13 Å². The van der Waals surface area contributed by atoms with E-state index in [9.17, 15) is 0 Å². The number of nitrogens with zero attached hydrogens (tertiary/aromatic N) is 4. The number of aromatic nitrogens is 4. The predicted octanol–water partition coefficient (Wildman–Crippen LogP) is 12.3. The fraction of sp³-hybridized carbons (Fsp3) is 0.0612. The van der Waals surface area contributed by atoms with Crippen LogP contribution in [0.15, 0.2) is 170 Å². The lowest BCUT2D eigenvalue weighted by molar-refractivity contribution is 0.660. The third-order valence-electron chi connectivity index (χ3n) is 11.3. The summed E-state index contributed by atoms with van der Waals surface area (Å²) in [4.78, 5) is 10.6. The molecule has 4 heteroatoms. The van der Waals surface area contributed by atoms with Crippen LogP contribution in [-0.2, 0) is 5.41 Å². The van der Waals surface area contributed by atoms with E-state index in [0.29, 0.717) is 0 Å². The molecule has 0 saturated carbocycles. The number of benzene rings is 7. The molecule has 0 N–H and O–H groups in total. The molecule has 0 aliphatic heterocycles. The molecule has 0 atom stereocenters. The third-order valence-corrected chi connectivity index (χ3v) is 11.3. The van der Waals surface area contributed by atoms with Crippen molar-refractivity contribution in [2.24, 2.45) is 0 Å². The van der Waals surface area contributed by atoms with Gasteiger partial charge in [0.2, 0.25) is 0 Å².